The molecule has 0 spiro atoms. The summed E-state index contributed by atoms with van der Waals surface area (Å²) in [6.45, 7) is 0. The monoisotopic (exact) mass is 411 g/mol. The van der Waals surface area contributed by atoms with Crippen LogP contribution < -0.4 is 14.2 Å². The second-order valence-electron chi connectivity index (χ2n) is 6.67. The molecule has 1 unspecified atom stereocenters. The first-order valence-corrected chi connectivity index (χ1v) is 10.1. The number of nitrogens with zero attached hydrogens (tertiary/aromatic N) is 3. The molecule has 0 saturated carbocycles. The van der Waals surface area contributed by atoms with Crippen molar-refractivity contribution in [3.8, 4) is 17.2 Å². The van der Waals surface area contributed by atoms with Gasteiger partial charge in [0.1, 0.15) is 5.69 Å². The van der Waals surface area contributed by atoms with Crippen molar-refractivity contribution in [2.45, 2.75) is 25.3 Å². The van der Waals surface area contributed by atoms with Crippen LogP contribution in [0.3, 0.4) is 0 Å². The molecule has 1 aliphatic carbocycles. The first kappa shape index (κ1) is 19.3. The summed E-state index contributed by atoms with van der Waals surface area (Å²) in [6.07, 6.45) is 6.82. The number of carbonyl (C=O) groups excluding carboxylic acids is 1. The average molecular weight is 411 g/mol. The number of carbonyl (C=O) groups is 1. The van der Waals surface area contributed by atoms with Crippen molar-refractivity contribution in [2.24, 2.45) is 9.98 Å². The fraction of sp³-hybridized carbons (Fsp3) is 0.333. The lowest BCUT2D eigenvalue weighted by molar-refractivity contribution is 0.103. The lowest BCUT2D eigenvalue weighted by Crippen LogP contribution is -2.13. The van der Waals surface area contributed by atoms with Crippen LogP contribution in [-0.2, 0) is 0 Å². The van der Waals surface area contributed by atoms with Crippen molar-refractivity contribution >= 4 is 34.2 Å². The molecular weight excluding hydrogens is 390 g/mol. The van der Waals surface area contributed by atoms with Crippen LogP contribution in [0.25, 0.3) is 0 Å². The molecule has 29 heavy (non-hydrogen) atoms. The maximum atomic E-state index is 13.0. The number of hydrogen-bond acceptors (Lipinski definition) is 8. The summed E-state index contributed by atoms with van der Waals surface area (Å²) in [4.78, 5) is 26.5. The fourth-order valence-electron chi connectivity index (χ4n) is 3.49. The number of rotatable bonds is 6. The summed E-state index contributed by atoms with van der Waals surface area (Å²) in [6, 6.07) is 3.57. The van der Waals surface area contributed by atoms with E-state index in [4.69, 9.17) is 14.2 Å². The standard InChI is InChI=1S/C21H21N3O4S/c1-26-17-9-13(10-18(27-2)20(17)28-3)19(25)16-11-29-21(24-16)23-14-4-5-15-12(8-14)6-7-22-15/h7-11,15H,4-6H2,1-3H3. The van der Waals surface area contributed by atoms with Gasteiger partial charge < -0.3 is 14.2 Å². The summed E-state index contributed by atoms with van der Waals surface area (Å²) in [7, 11) is 4.55. The van der Waals surface area contributed by atoms with Crippen LogP contribution >= 0.6 is 11.3 Å². The highest BCUT2D eigenvalue weighted by Crippen LogP contribution is 2.39. The molecule has 2 aliphatic rings. The molecule has 0 N–H and O–H groups in total. The van der Waals surface area contributed by atoms with E-state index in [1.165, 1.54) is 38.2 Å². The van der Waals surface area contributed by atoms with Gasteiger partial charge in [0.15, 0.2) is 11.5 Å². The van der Waals surface area contributed by atoms with Gasteiger partial charge in [-0.2, -0.15) is 0 Å². The van der Waals surface area contributed by atoms with Crippen molar-refractivity contribution in [3.05, 3.63) is 40.4 Å². The predicted octanol–water partition coefficient (Wildman–Crippen LogP) is 4.04. The number of methoxy groups -OCH3 is 3. The molecule has 1 atom stereocenters. The first-order valence-electron chi connectivity index (χ1n) is 9.22. The Bertz CT molecular complexity index is 1010. The lowest BCUT2D eigenvalue weighted by Gasteiger charge is -2.16. The third-order valence-electron chi connectivity index (χ3n) is 4.96. The Labute approximate surface area is 172 Å². The Balaban J connectivity index is 1.59. The van der Waals surface area contributed by atoms with E-state index in [1.54, 1.807) is 17.5 Å². The Morgan fingerprint density at radius 2 is 1.93 bits per heavy atom. The molecule has 0 fully saturated rings. The molecule has 2 aromatic rings. The smallest absolute Gasteiger partial charge is 0.212 e. The number of aromatic nitrogens is 1. The molecule has 8 heteroatoms. The van der Waals surface area contributed by atoms with Gasteiger partial charge in [0.25, 0.3) is 0 Å². The molecule has 0 bridgehead atoms. The van der Waals surface area contributed by atoms with Crippen LogP contribution in [0.4, 0.5) is 5.13 Å². The minimum absolute atomic E-state index is 0.224. The van der Waals surface area contributed by atoms with Gasteiger partial charge in [-0.15, -0.1) is 11.3 Å². The van der Waals surface area contributed by atoms with E-state index in [2.05, 4.69) is 21.0 Å². The summed E-state index contributed by atoms with van der Waals surface area (Å²) in [5, 5.41) is 2.30. The van der Waals surface area contributed by atoms with E-state index < -0.39 is 0 Å². The number of allylic oxidation sites excluding steroid dienone is 1. The van der Waals surface area contributed by atoms with Crippen molar-refractivity contribution in [1.82, 2.24) is 4.98 Å². The second-order valence-corrected chi connectivity index (χ2v) is 7.51. The van der Waals surface area contributed by atoms with E-state index >= 15 is 0 Å². The Kier molecular flexibility index (Phi) is 5.44. The second kappa shape index (κ2) is 8.16. The predicted molar refractivity (Wildman–Crippen MR) is 113 cm³/mol. The summed E-state index contributed by atoms with van der Waals surface area (Å²) < 4.78 is 16.0. The molecule has 1 aliphatic heterocycles. The Morgan fingerprint density at radius 3 is 2.62 bits per heavy atom. The summed E-state index contributed by atoms with van der Waals surface area (Å²) in [5.74, 6) is 1.07. The number of fused-ring (bicyclic) bond motifs is 1. The summed E-state index contributed by atoms with van der Waals surface area (Å²) in [5.41, 5.74) is 3.05. The highest BCUT2D eigenvalue weighted by atomic mass is 32.1. The Morgan fingerprint density at radius 1 is 1.17 bits per heavy atom. The number of ketones is 1. The number of aliphatic imine (C=N–C) groups is 2. The molecular formula is C21H21N3O4S. The maximum absolute atomic E-state index is 13.0. The number of benzene rings is 1. The van der Waals surface area contributed by atoms with Crippen molar-refractivity contribution < 1.29 is 19.0 Å². The largest absolute Gasteiger partial charge is 0.493 e. The maximum Gasteiger partial charge on any atom is 0.212 e. The van der Waals surface area contributed by atoms with Crippen LogP contribution in [0.2, 0.25) is 0 Å². The van der Waals surface area contributed by atoms with Crippen LogP contribution in [0, 0.1) is 0 Å². The minimum Gasteiger partial charge on any atom is -0.493 e. The molecule has 2 heterocycles. The van der Waals surface area contributed by atoms with E-state index in [-0.39, 0.29) is 5.78 Å². The van der Waals surface area contributed by atoms with E-state index in [9.17, 15) is 4.79 Å². The zero-order chi connectivity index (χ0) is 20.4. The molecule has 1 aromatic heterocycles. The normalized spacial score (nSPS) is 19.1. The highest BCUT2D eigenvalue weighted by Gasteiger charge is 2.23. The molecule has 0 radical (unpaired) electrons. The van der Waals surface area contributed by atoms with Crippen LogP contribution in [-0.4, -0.2) is 50.1 Å². The van der Waals surface area contributed by atoms with Crippen LogP contribution in [0.15, 0.2) is 39.1 Å². The van der Waals surface area contributed by atoms with Gasteiger partial charge in [-0.25, -0.2) is 9.98 Å². The van der Waals surface area contributed by atoms with E-state index in [0.717, 1.165) is 25.0 Å². The van der Waals surface area contributed by atoms with Crippen molar-refractivity contribution in [3.63, 3.8) is 0 Å². The van der Waals surface area contributed by atoms with Gasteiger partial charge in [0.05, 0.1) is 27.4 Å². The van der Waals surface area contributed by atoms with Crippen LogP contribution in [0.1, 0.15) is 35.3 Å². The number of hydrogen-bond donors (Lipinski definition) is 0. The molecule has 4 rings (SSSR count). The van der Waals surface area contributed by atoms with Crippen molar-refractivity contribution in [1.29, 1.82) is 0 Å². The Hall–Kier alpha value is -3.00. The van der Waals surface area contributed by atoms with Gasteiger partial charge in [-0.1, -0.05) is 0 Å². The highest BCUT2D eigenvalue weighted by molar-refractivity contribution is 7.13. The number of ether oxygens (including phenoxy) is 3. The fourth-order valence-corrected chi connectivity index (χ4v) is 4.19. The first-order chi connectivity index (χ1) is 14.1. The summed E-state index contributed by atoms with van der Waals surface area (Å²) >= 11 is 1.35. The van der Waals surface area contributed by atoms with Crippen LogP contribution in [0.5, 0.6) is 17.2 Å². The zero-order valence-corrected chi connectivity index (χ0v) is 17.3. The molecule has 150 valence electrons. The molecule has 1 aromatic carbocycles. The minimum atomic E-state index is -0.224. The zero-order valence-electron chi connectivity index (χ0n) is 16.5. The SMILES string of the molecule is COc1cc(C(=O)c2csc(N=C3C=C4CC=NC4CC3)n2)cc(OC)c1OC. The van der Waals surface area contributed by atoms with E-state index in [1.807, 2.05) is 6.21 Å². The van der Waals surface area contributed by atoms with Gasteiger partial charge in [0, 0.05) is 29.3 Å². The quantitative estimate of drug-likeness (QED) is 0.670. The molecule has 0 amide bonds. The van der Waals surface area contributed by atoms with Gasteiger partial charge in [-0.05, 0) is 36.6 Å². The van der Waals surface area contributed by atoms with Gasteiger partial charge >= 0.3 is 0 Å². The van der Waals surface area contributed by atoms with Gasteiger partial charge in [-0.3, -0.25) is 9.79 Å². The topological polar surface area (TPSA) is 82.4 Å². The van der Waals surface area contributed by atoms with Crippen molar-refractivity contribution in [2.75, 3.05) is 21.3 Å². The average Bonchev–Trinajstić information content (AvgIpc) is 3.41. The number of thiazole rings is 1. The lowest BCUT2D eigenvalue weighted by atomic mass is 9.93. The third kappa shape index (κ3) is 3.80. The van der Waals surface area contributed by atoms with E-state index in [0.29, 0.717) is 39.7 Å². The molecule has 0 saturated heterocycles. The molecule has 7 nitrogen and oxygen atoms in total. The third-order valence-corrected chi connectivity index (χ3v) is 5.69. The van der Waals surface area contributed by atoms with Gasteiger partial charge in [0.2, 0.25) is 16.7 Å².